The van der Waals surface area contributed by atoms with Crippen LogP contribution in [0.25, 0.3) is 0 Å². The van der Waals surface area contributed by atoms with Gasteiger partial charge in [0.2, 0.25) is 11.5 Å². The molecule has 0 spiro atoms. The second kappa shape index (κ2) is 11.7. The molecule has 0 fully saturated rings. The van der Waals surface area contributed by atoms with E-state index < -0.39 is 5.91 Å². The molecule has 0 aliphatic carbocycles. The van der Waals surface area contributed by atoms with E-state index in [2.05, 4.69) is 25.6 Å². The van der Waals surface area contributed by atoms with Crippen LogP contribution in [-0.4, -0.2) is 36.4 Å². The Morgan fingerprint density at radius 2 is 1.84 bits per heavy atom. The summed E-state index contributed by atoms with van der Waals surface area (Å²) in [5.74, 6) is 0.413. The van der Waals surface area contributed by atoms with Gasteiger partial charge in [0.25, 0.3) is 5.91 Å². The smallest absolute Gasteiger partial charge is 0.277 e. The largest absolute Gasteiger partial charge is 1.00 e. The Hall–Kier alpha value is -3.37. The maximum atomic E-state index is 13.0. The molecule has 1 aromatic heterocycles. The molecule has 0 bridgehead atoms. The number of nitrogens with zero attached hydrogens (tertiary/aromatic N) is 2. The Kier molecular flexibility index (Phi) is 9.04. The van der Waals surface area contributed by atoms with Crippen molar-refractivity contribution in [3.05, 3.63) is 65.1 Å². The van der Waals surface area contributed by atoms with E-state index in [0.717, 1.165) is 11.1 Å². The number of hydrogen-bond acceptors (Lipinski definition) is 8. The lowest BCUT2D eigenvalue weighted by molar-refractivity contribution is -0.0000162. The fraction of sp³-hybridized carbons (Fsp3) is 0.250. The molecule has 0 atom stereocenters. The third-order valence-electron chi connectivity index (χ3n) is 4.18. The van der Waals surface area contributed by atoms with Gasteiger partial charge in [0, 0.05) is 19.6 Å². The van der Waals surface area contributed by atoms with Gasteiger partial charge in [-0.2, -0.15) is 0 Å². The average Bonchev–Trinajstić information content (AvgIpc) is 3.19. The minimum Gasteiger partial charge on any atom is -1.00 e. The van der Waals surface area contributed by atoms with E-state index in [4.69, 9.17) is 15.2 Å². The summed E-state index contributed by atoms with van der Waals surface area (Å²) in [6.45, 7) is 1.78. The number of nitrogen functional groups attached to an aromatic ring is 1. The van der Waals surface area contributed by atoms with Gasteiger partial charge >= 0.3 is 0 Å². The first-order valence-corrected chi connectivity index (χ1v) is 9.18. The van der Waals surface area contributed by atoms with Crippen molar-refractivity contribution in [1.82, 2.24) is 20.9 Å². The Labute approximate surface area is 184 Å². The molecule has 0 unspecified atom stereocenters. The fourth-order valence-electron chi connectivity index (χ4n) is 2.62. The quantitative estimate of drug-likeness (QED) is 0.333. The summed E-state index contributed by atoms with van der Waals surface area (Å²) in [4.78, 5) is 11.8. The zero-order valence-corrected chi connectivity index (χ0v) is 17.5. The second-order valence-corrected chi connectivity index (χ2v) is 6.33. The lowest BCUT2D eigenvalue weighted by Gasteiger charge is -2.13. The molecule has 1 heterocycles. The van der Waals surface area contributed by atoms with Crippen molar-refractivity contribution in [3.8, 4) is 11.5 Å². The Morgan fingerprint density at radius 1 is 1.10 bits per heavy atom. The fourth-order valence-corrected chi connectivity index (χ4v) is 2.62. The summed E-state index contributed by atoms with van der Waals surface area (Å²) >= 11 is 0. The summed E-state index contributed by atoms with van der Waals surface area (Å²) < 4.78 is 28.6. The van der Waals surface area contributed by atoms with Crippen LogP contribution in [0.15, 0.2) is 47.1 Å². The van der Waals surface area contributed by atoms with Crippen LogP contribution >= 0.6 is 0 Å². The molecule has 0 radical (unpaired) electrons. The molecule has 31 heavy (non-hydrogen) atoms. The number of aromatic nitrogens is 2. The highest BCUT2D eigenvalue weighted by molar-refractivity contribution is 5.95. The van der Waals surface area contributed by atoms with Crippen LogP contribution < -0.4 is 38.2 Å². The van der Waals surface area contributed by atoms with Crippen LogP contribution in [0.3, 0.4) is 0 Å². The average molecular weight is 451 g/mol. The summed E-state index contributed by atoms with van der Waals surface area (Å²) in [5, 5.41) is 12.7. The minimum absolute atomic E-state index is 0. The number of carbonyl (C=O) groups is 1. The number of hydrogen-bond donors (Lipinski definition) is 3. The zero-order valence-electron chi connectivity index (χ0n) is 16.7. The normalized spacial score (nSPS) is 10.3. The molecule has 0 saturated heterocycles. The van der Waals surface area contributed by atoms with E-state index in [1.54, 1.807) is 19.2 Å². The van der Waals surface area contributed by atoms with Crippen molar-refractivity contribution >= 4 is 11.7 Å². The van der Waals surface area contributed by atoms with Crippen molar-refractivity contribution in [2.45, 2.75) is 13.2 Å². The van der Waals surface area contributed by atoms with E-state index in [9.17, 15) is 9.18 Å². The monoisotopic (exact) mass is 450 g/mol. The molecule has 0 saturated carbocycles. The van der Waals surface area contributed by atoms with Gasteiger partial charge in [-0.3, -0.25) is 4.79 Å². The topological polar surface area (TPSA) is 125 Å². The second-order valence-electron chi connectivity index (χ2n) is 6.33. The number of halogens is 2. The Morgan fingerprint density at radius 3 is 2.52 bits per heavy atom. The first kappa shape index (κ1) is 23.9. The molecular weight excluding hydrogens is 429 g/mol. The van der Waals surface area contributed by atoms with Gasteiger partial charge in [-0.15, -0.1) is 0 Å². The number of anilines is 1. The molecule has 166 valence electrons. The third kappa shape index (κ3) is 6.83. The van der Waals surface area contributed by atoms with Crippen molar-refractivity contribution in [2.24, 2.45) is 0 Å². The summed E-state index contributed by atoms with van der Waals surface area (Å²) in [6.07, 6.45) is 0. The molecule has 2 aromatic carbocycles. The molecule has 4 N–H and O–H groups in total. The van der Waals surface area contributed by atoms with E-state index in [0.29, 0.717) is 37.7 Å². The Bertz CT molecular complexity index is 984. The number of rotatable bonds is 10. The van der Waals surface area contributed by atoms with E-state index in [-0.39, 0.29) is 29.7 Å². The highest BCUT2D eigenvalue weighted by Crippen LogP contribution is 2.28. The van der Waals surface area contributed by atoms with E-state index in [1.807, 2.05) is 18.2 Å². The number of benzene rings is 2. The molecule has 9 nitrogen and oxygen atoms in total. The zero-order chi connectivity index (χ0) is 21.3. The summed E-state index contributed by atoms with van der Waals surface area (Å²) in [6, 6.07) is 11.7. The van der Waals surface area contributed by atoms with Gasteiger partial charge in [-0.05, 0) is 45.7 Å². The van der Waals surface area contributed by atoms with Crippen LogP contribution in [0.2, 0.25) is 0 Å². The number of methoxy groups -OCH3 is 1. The molecule has 0 aliphatic heterocycles. The van der Waals surface area contributed by atoms with Gasteiger partial charge in [0.15, 0.2) is 11.5 Å². The standard InChI is InChI=1S/C20H22FN5O4.ClH/c1-28-17-10-14(4-7-16(17)29-12-13-2-5-15(21)6-3-13)11-23-8-9-24-20(27)18-19(22)26-30-25-18;/h2-7,10,23H,8-9,11-12H2,1H3,(H2,22,26)(H,24,27);1H/p-1. The number of amides is 1. The first-order valence-electron chi connectivity index (χ1n) is 9.18. The number of ether oxygens (including phenoxy) is 2. The predicted octanol–water partition coefficient (Wildman–Crippen LogP) is -1.10. The molecule has 0 aliphatic rings. The highest BCUT2D eigenvalue weighted by atomic mass is 35.5. The molecule has 11 heteroatoms. The Balaban J connectivity index is 0.00000341. The molecule has 3 aromatic rings. The first-order chi connectivity index (χ1) is 14.6. The van der Waals surface area contributed by atoms with Gasteiger partial charge in [0.05, 0.1) is 7.11 Å². The molecule has 1 amide bonds. The lowest BCUT2D eigenvalue weighted by Crippen LogP contribution is -3.00. The summed E-state index contributed by atoms with van der Waals surface area (Å²) in [5.41, 5.74) is 7.27. The lowest BCUT2D eigenvalue weighted by atomic mass is 10.2. The van der Waals surface area contributed by atoms with E-state index in [1.165, 1.54) is 12.1 Å². The van der Waals surface area contributed by atoms with E-state index >= 15 is 0 Å². The molecule has 3 rings (SSSR count). The third-order valence-corrected chi connectivity index (χ3v) is 4.18. The predicted molar refractivity (Wildman–Crippen MR) is 106 cm³/mol. The van der Waals surface area contributed by atoms with Crippen LogP contribution in [-0.2, 0) is 13.2 Å². The number of nitrogens with two attached hydrogens (primary N) is 1. The number of nitrogens with one attached hydrogen (secondary N) is 2. The van der Waals surface area contributed by atoms with Crippen LogP contribution in [0, 0.1) is 5.82 Å². The number of carbonyl (C=O) groups excluding carboxylic acids is 1. The maximum absolute atomic E-state index is 13.0. The van der Waals surface area contributed by atoms with Gasteiger partial charge in [0.1, 0.15) is 12.4 Å². The molecular formula is C20H22ClFN5O4-. The minimum atomic E-state index is -0.445. The highest BCUT2D eigenvalue weighted by Gasteiger charge is 2.14. The van der Waals surface area contributed by atoms with Gasteiger partial charge < -0.3 is 38.2 Å². The SMILES string of the molecule is COc1cc(CNCCNC(=O)c2nonc2N)ccc1OCc1ccc(F)cc1.[Cl-]. The van der Waals surface area contributed by atoms with Crippen LogP contribution in [0.1, 0.15) is 21.6 Å². The van der Waals surface area contributed by atoms with Gasteiger partial charge in [-0.25, -0.2) is 9.02 Å². The van der Waals surface area contributed by atoms with Crippen molar-refractivity contribution in [1.29, 1.82) is 0 Å². The maximum Gasteiger partial charge on any atom is 0.277 e. The van der Waals surface area contributed by atoms with Crippen molar-refractivity contribution in [2.75, 3.05) is 25.9 Å². The van der Waals surface area contributed by atoms with Crippen LogP contribution in [0.5, 0.6) is 11.5 Å². The van der Waals surface area contributed by atoms with Crippen LogP contribution in [0.4, 0.5) is 10.2 Å². The van der Waals surface area contributed by atoms with Crippen molar-refractivity contribution in [3.63, 3.8) is 0 Å². The van der Waals surface area contributed by atoms with Crippen molar-refractivity contribution < 1.29 is 35.7 Å². The summed E-state index contributed by atoms with van der Waals surface area (Å²) in [7, 11) is 1.57. The van der Waals surface area contributed by atoms with Gasteiger partial charge in [-0.1, -0.05) is 18.2 Å².